The van der Waals surface area contributed by atoms with Gasteiger partial charge < -0.3 is 59.1 Å². The average molecular weight is 292 g/mol. The first-order valence-electron chi connectivity index (χ1n) is 0.855. The molecule has 0 aliphatic carbocycles. The molecule has 0 fully saturated rings. The molecule has 36 valence electrons. The van der Waals surface area contributed by atoms with Gasteiger partial charge in [-0.2, -0.15) is 0 Å². The van der Waals surface area contributed by atoms with Gasteiger partial charge in [0, 0.05) is 0 Å². The molecule has 7 heavy (non-hydrogen) atoms. The van der Waals surface area contributed by atoms with E-state index in [1.54, 1.807) is 0 Å². The fourth-order valence-corrected chi connectivity index (χ4v) is 0. The van der Waals surface area contributed by atoms with Gasteiger partial charge in [-0.15, -0.1) is 0 Å². The van der Waals surface area contributed by atoms with Crippen LogP contribution in [0, 0.1) is 0 Å². The summed E-state index contributed by atoms with van der Waals surface area (Å²) in [7, 11) is 0. The third kappa shape index (κ3) is 58.5. The van der Waals surface area contributed by atoms with Crippen LogP contribution in [0.4, 0.5) is 0 Å². The van der Waals surface area contributed by atoms with E-state index in [2.05, 4.69) is 49.7 Å². The van der Waals surface area contributed by atoms with E-state index in [9.17, 15) is 0 Å². The number of thiol groups is 2. The van der Waals surface area contributed by atoms with Gasteiger partial charge in [0.1, 0.15) is 0 Å². The quantitative estimate of drug-likeness (QED) is 0.297. The van der Waals surface area contributed by atoms with Crippen molar-refractivity contribution in [3.63, 3.8) is 0 Å². The van der Waals surface area contributed by atoms with Gasteiger partial charge in [0.25, 0.3) is 0 Å². The molecular weight excluding hydrogens is 290 g/mol. The Morgan fingerprint density at radius 2 is 1.00 bits per heavy atom. The van der Waals surface area contributed by atoms with E-state index in [0.717, 1.165) is 0 Å². The molecule has 5 heteroatoms. The molecule has 0 nitrogen and oxygen atoms in total. The molecular formula is C2H2BaS4. The van der Waals surface area contributed by atoms with Crippen molar-refractivity contribution in [3.8, 4) is 0 Å². The van der Waals surface area contributed by atoms with E-state index in [0.29, 0.717) is 0 Å². The SMILES string of the molecule is S=[C-]S.S=[C-]S.[Ba+2]. The number of hydrogen-bond acceptors (Lipinski definition) is 2. The fraction of sp³-hybridized carbons (Fsp3) is 0. The predicted octanol–water partition coefficient (Wildman–Crippen LogP) is 1.12. The zero-order chi connectivity index (χ0) is 5.41. The Morgan fingerprint density at radius 3 is 1.00 bits per heavy atom. The molecule has 0 aliphatic heterocycles. The molecule has 0 saturated carbocycles. The summed E-state index contributed by atoms with van der Waals surface area (Å²) in [6, 6.07) is 0. The predicted molar refractivity (Wildman–Crippen MR) is 48.9 cm³/mol. The van der Waals surface area contributed by atoms with E-state index in [4.69, 9.17) is 0 Å². The molecule has 0 spiro atoms. The topological polar surface area (TPSA) is 0 Å². The second-order valence-corrected chi connectivity index (χ2v) is 1.64. The van der Waals surface area contributed by atoms with E-state index < -0.39 is 0 Å². The van der Waals surface area contributed by atoms with Crippen molar-refractivity contribution in [2.75, 3.05) is 0 Å². The average Bonchev–Trinajstić information content (AvgIpc) is 1.39. The normalized spacial score (nSPS) is 3.71. The third-order valence-corrected chi connectivity index (χ3v) is 0. The molecule has 0 amide bonds. The fourth-order valence-electron chi connectivity index (χ4n) is 0. The van der Waals surface area contributed by atoms with Crippen LogP contribution in [0.25, 0.3) is 0 Å². The molecule has 0 N–H and O–H groups in total. The molecule has 0 aliphatic rings. The smallest absolute Gasteiger partial charge is 0.364 e. The minimum absolute atomic E-state index is 0. The van der Waals surface area contributed by atoms with E-state index >= 15 is 0 Å². The Hall–Kier alpha value is 2.45. The van der Waals surface area contributed by atoms with Crippen molar-refractivity contribution in [1.82, 2.24) is 0 Å². The maximum atomic E-state index is 4.01. The second kappa shape index (κ2) is 23.7. The van der Waals surface area contributed by atoms with E-state index in [-0.39, 0.29) is 48.9 Å². The van der Waals surface area contributed by atoms with Crippen molar-refractivity contribution < 1.29 is 0 Å². The molecule has 0 saturated heterocycles. The summed E-state index contributed by atoms with van der Waals surface area (Å²) in [6.45, 7) is 0. The van der Waals surface area contributed by atoms with Gasteiger partial charge in [-0.25, -0.2) is 0 Å². The van der Waals surface area contributed by atoms with Crippen molar-refractivity contribution in [1.29, 1.82) is 0 Å². The Bertz CT molecular complexity index is 30.7. The summed E-state index contributed by atoms with van der Waals surface area (Å²) in [5, 5.41) is 0. The van der Waals surface area contributed by atoms with Gasteiger partial charge in [0.15, 0.2) is 0 Å². The summed E-state index contributed by atoms with van der Waals surface area (Å²) < 4.78 is 4.06. The van der Waals surface area contributed by atoms with Gasteiger partial charge in [0.05, 0.1) is 0 Å². The molecule has 0 aromatic heterocycles. The van der Waals surface area contributed by atoms with Crippen molar-refractivity contribution in [2.24, 2.45) is 0 Å². The minimum atomic E-state index is 0. The molecule has 0 aromatic rings. The van der Waals surface area contributed by atoms with Crippen LogP contribution < -0.4 is 0 Å². The Morgan fingerprint density at radius 1 is 1.00 bits per heavy atom. The summed E-state index contributed by atoms with van der Waals surface area (Å²) in [5.74, 6) is 0. The zero-order valence-electron chi connectivity index (χ0n) is 3.42. The molecule has 0 aromatic carbocycles. The Balaban J connectivity index is -0.0000000400. The number of thiocarbonyl (C=S) groups is 2. The maximum absolute atomic E-state index is 4.01. The summed E-state index contributed by atoms with van der Waals surface area (Å²) in [6.07, 6.45) is 0. The third-order valence-electron chi connectivity index (χ3n) is 0. The van der Waals surface area contributed by atoms with Crippen LogP contribution in [0.15, 0.2) is 0 Å². The van der Waals surface area contributed by atoms with Crippen LogP contribution >= 0.6 is 49.7 Å². The molecule has 0 heterocycles. The summed E-state index contributed by atoms with van der Waals surface area (Å²) in [4.78, 5) is 0. The van der Waals surface area contributed by atoms with Crippen LogP contribution in [-0.2, 0) is 0 Å². The first kappa shape index (κ1) is 16.2. The maximum Gasteiger partial charge on any atom is 2.00 e. The second-order valence-electron chi connectivity index (χ2n) is 0.183. The van der Waals surface area contributed by atoms with E-state index in [1.807, 2.05) is 9.40 Å². The Labute approximate surface area is 106 Å². The van der Waals surface area contributed by atoms with Gasteiger partial charge in [0.2, 0.25) is 0 Å². The largest absolute Gasteiger partial charge is 2.00 e. The first-order chi connectivity index (χ1) is 2.83. The van der Waals surface area contributed by atoms with Gasteiger partial charge in [-0.3, -0.25) is 0 Å². The number of hydrogen-bond donors (Lipinski definition) is 2. The molecule has 0 unspecified atom stereocenters. The first-order valence-corrected chi connectivity index (χ1v) is 2.57. The van der Waals surface area contributed by atoms with Crippen molar-refractivity contribution in [3.05, 3.63) is 0 Å². The molecule has 0 atom stereocenters. The van der Waals surface area contributed by atoms with Crippen LogP contribution in [0.2, 0.25) is 0 Å². The molecule has 0 bridgehead atoms. The van der Waals surface area contributed by atoms with Crippen LogP contribution in [-0.4, -0.2) is 58.3 Å². The van der Waals surface area contributed by atoms with E-state index in [1.165, 1.54) is 0 Å². The van der Waals surface area contributed by atoms with Crippen molar-refractivity contribution in [2.45, 2.75) is 0 Å². The molecule has 0 rings (SSSR count). The minimum Gasteiger partial charge on any atom is -0.364 e. The van der Waals surface area contributed by atoms with Crippen LogP contribution in [0.5, 0.6) is 0 Å². The summed E-state index contributed by atoms with van der Waals surface area (Å²) in [5.41, 5.74) is 0. The Kier molecular flexibility index (Phi) is 54.9. The van der Waals surface area contributed by atoms with Crippen LogP contribution in [0.1, 0.15) is 0 Å². The van der Waals surface area contributed by atoms with Gasteiger partial charge in [-0.1, -0.05) is 0 Å². The molecule has 0 radical (unpaired) electrons. The van der Waals surface area contributed by atoms with Gasteiger partial charge in [-0.05, 0) is 0 Å². The standard InChI is InChI=1S/2CHS2.Ba/c2*2-1-3;/h2*(H,2,3);/q2*-1;+2. The van der Waals surface area contributed by atoms with Crippen molar-refractivity contribution >= 4 is 108 Å². The number of rotatable bonds is 0. The monoisotopic (exact) mass is 292 g/mol. The zero-order valence-corrected chi connectivity index (χ0v) is 11.3. The summed E-state index contributed by atoms with van der Waals surface area (Å²) >= 11 is 14.7. The van der Waals surface area contributed by atoms with Gasteiger partial charge >= 0.3 is 48.9 Å². The van der Waals surface area contributed by atoms with Crippen LogP contribution in [0.3, 0.4) is 0 Å².